The van der Waals surface area contributed by atoms with Crippen molar-refractivity contribution in [2.75, 3.05) is 0 Å². The van der Waals surface area contributed by atoms with Gasteiger partial charge in [0.15, 0.2) is 0 Å². The number of imidazole rings is 1. The molecule has 0 spiro atoms. The molecule has 1 aliphatic rings. The second-order valence-corrected chi connectivity index (χ2v) is 20.7. The number of aryl methyl sites for hydroxylation is 1. The second kappa shape index (κ2) is 17.3. The number of benzene rings is 9. The third-order valence-electron chi connectivity index (χ3n) is 14.3. The molecule has 9 aromatic carbocycles. The Labute approximate surface area is 434 Å². The molecule has 5 nitrogen and oxygen atoms in total. The van der Waals surface area contributed by atoms with Crippen LogP contribution < -0.4 is 4.74 Å². The van der Waals surface area contributed by atoms with Crippen molar-refractivity contribution in [1.82, 2.24) is 18.7 Å². The molecular weight excluding hydrogens is 1060 g/mol. The maximum atomic E-state index is 8.71. The van der Waals surface area contributed by atoms with Crippen LogP contribution in [0.3, 0.4) is 0 Å². The van der Waals surface area contributed by atoms with Crippen LogP contribution >= 0.6 is 0 Å². The molecule has 0 radical (unpaired) electrons. The van der Waals surface area contributed by atoms with Gasteiger partial charge in [0.1, 0.15) is 0 Å². The minimum Gasteiger partial charge on any atom is -0.0579 e. The summed E-state index contributed by atoms with van der Waals surface area (Å²) in [6.07, 6.45) is 2.55. The van der Waals surface area contributed by atoms with Crippen LogP contribution in [0.25, 0.3) is 94.5 Å². The Morgan fingerprint density at radius 2 is 1.17 bits per heavy atom. The van der Waals surface area contributed by atoms with Crippen LogP contribution in [-0.4, -0.2) is 18.7 Å². The summed E-state index contributed by atoms with van der Waals surface area (Å²) in [7, 11) is 0. The van der Waals surface area contributed by atoms with Gasteiger partial charge in [-0.25, -0.2) is 0 Å². The summed E-state index contributed by atoms with van der Waals surface area (Å²) in [5.74, 6) is 1.82. The van der Waals surface area contributed by atoms with Crippen molar-refractivity contribution >= 4 is 32.8 Å². The fourth-order valence-corrected chi connectivity index (χ4v) is 11.9. The Bertz CT molecular complexity index is 4280. The number of para-hydroxylation sites is 3. The van der Waals surface area contributed by atoms with Gasteiger partial charge in [-0.3, -0.25) is 0 Å². The van der Waals surface area contributed by atoms with Crippen LogP contribution in [0.2, 0.25) is 0 Å². The zero-order valence-corrected chi connectivity index (χ0v) is 42.3. The molecule has 0 aliphatic heterocycles. The summed E-state index contributed by atoms with van der Waals surface area (Å²) in [4.78, 5) is 5.00. The predicted octanol–water partition coefficient (Wildman–Crippen LogP) is 17.0. The monoisotopic (exact) mass is 1110 g/mol. The summed E-state index contributed by atoms with van der Waals surface area (Å²) in [6, 6.07) is 74.0. The van der Waals surface area contributed by atoms with Crippen molar-refractivity contribution in [1.29, 1.82) is 0 Å². The van der Waals surface area contributed by atoms with Crippen LogP contribution in [0.1, 0.15) is 47.1 Å². The number of ether oxygens (including phenoxy) is 1. The van der Waals surface area contributed by atoms with Crippen LogP contribution in [0.4, 0.5) is 0 Å². The second-order valence-electron chi connectivity index (χ2n) is 19.7. The molecule has 3 heterocycles. The van der Waals surface area contributed by atoms with Crippen molar-refractivity contribution in [3.8, 4) is 73.2 Å². The van der Waals surface area contributed by atoms with E-state index >= 15 is 0 Å². The van der Waals surface area contributed by atoms with Crippen LogP contribution in [0, 0.1) is 10.7 Å². The fourth-order valence-electron chi connectivity index (χ4n) is 10.8. The van der Waals surface area contributed by atoms with Crippen molar-refractivity contribution in [3.05, 3.63) is 245 Å². The molecule has 13 rings (SSSR count). The molecule has 0 saturated heterocycles. The first-order valence-electron chi connectivity index (χ1n) is 25.9. The van der Waals surface area contributed by atoms with E-state index in [0.29, 0.717) is 22.9 Å². The first-order valence-corrected chi connectivity index (χ1v) is 25.5. The van der Waals surface area contributed by atoms with Crippen molar-refractivity contribution in [2.45, 2.75) is 39.5 Å². The Hall–Kier alpha value is -8.11. The smallest absolute Gasteiger partial charge is 0.0579 e. The van der Waals surface area contributed by atoms with E-state index in [2.05, 4.69) is 207 Å². The number of hydrogen-bond donors (Lipinski definition) is 0. The van der Waals surface area contributed by atoms with Gasteiger partial charge in [0, 0.05) is 15.9 Å². The van der Waals surface area contributed by atoms with Gasteiger partial charge in [0.25, 0.3) is 0 Å². The number of nitrogens with zero attached hydrogens (tertiary/aromatic N) is 4. The van der Waals surface area contributed by atoms with Gasteiger partial charge in [0.05, 0.1) is 0 Å². The number of fused-ring (bicyclic) bond motifs is 7. The summed E-state index contributed by atoms with van der Waals surface area (Å²) < 4.78 is 40.8. The van der Waals surface area contributed by atoms with Gasteiger partial charge in [-0.15, -0.1) is 0 Å². The molecule has 12 aromatic rings. The van der Waals surface area contributed by atoms with Crippen LogP contribution in [0.5, 0.6) is 11.5 Å². The molecule has 0 bridgehead atoms. The Balaban J connectivity index is 0.936. The van der Waals surface area contributed by atoms with E-state index in [1.807, 2.05) is 53.1 Å². The summed E-state index contributed by atoms with van der Waals surface area (Å²) in [5.41, 5.74) is 18.7. The van der Waals surface area contributed by atoms with Crippen LogP contribution in [0.15, 0.2) is 219 Å². The summed E-state index contributed by atoms with van der Waals surface area (Å²) >= 11 is 2.52. The van der Waals surface area contributed by atoms with Crippen molar-refractivity contribution < 1.29 is 28.2 Å². The number of hydrogen-bond acceptors (Lipinski definition) is 2. The van der Waals surface area contributed by atoms with Gasteiger partial charge >= 0.3 is 335 Å². The SMILES string of the molecule is [2H]C([2H])([2H])c1cc(-n2c3ccccc3c3ccc(Oc4cccc(-n5[c](=[Pt])n(-c6c(-c7ccccc7)cc7c(c6-c6ccccc6)Cc6ccccc6-7)c6ccccc65)c4)cc32)ncc1-c1ccc(C(C)(C)C)cc1. The van der Waals surface area contributed by atoms with Crippen molar-refractivity contribution in [3.63, 3.8) is 0 Å². The van der Waals surface area contributed by atoms with E-state index in [0.717, 1.165) is 71.1 Å². The van der Waals surface area contributed by atoms with E-state index in [9.17, 15) is 0 Å². The molecule has 0 amide bonds. The molecule has 0 saturated carbocycles. The number of aromatic nitrogens is 4. The average molecular weight is 1110 g/mol. The Kier molecular flexibility index (Phi) is 9.77. The third kappa shape index (κ3) is 7.33. The van der Waals surface area contributed by atoms with Gasteiger partial charge in [-0.2, -0.15) is 0 Å². The maximum absolute atomic E-state index is 8.71. The average Bonchev–Trinajstić information content (AvgIpc) is 4.20. The minimum absolute atomic E-state index is 0.0338. The molecule has 3 aromatic heterocycles. The van der Waals surface area contributed by atoms with E-state index < -0.39 is 6.85 Å². The van der Waals surface area contributed by atoms with E-state index in [4.69, 9.17) is 13.8 Å². The molecule has 72 heavy (non-hydrogen) atoms. The first kappa shape index (κ1) is 40.6. The molecule has 0 atom stereocenters. The molecule has 0 unspecified atom stereocenters. The molecular formula is C66H50N4OPt. The Morgan fingerprint density at radius 3 is 1.93 bits per heavy atom. The molecule has 350 valence electrons. The van der Waals surface area contributed by atoms with Gasteiger partial charge < -0.3 is 0 Å². The Morgan fingerprint density at radius 1 is 0.514 bits per heavy atom. The standard InChI is InChI=1S/C66H50N4O.Pt/c1-43-36-63(67-41-58(43)45-30-32-48(33-31-45)66(2,3)4)70-59-27-14-13-26-53(59)54-35-34-51(39-62(54)70)71-50-24-17-23-49(38-50)68-42-69(61-29-16-15-28-60(61)68)65-55(44-18-7-5-8-19-44)40-56-52-25-12-11-22-47(52)37-57(56)64(65)46-20-9-6-10-21-46;/h5-36,38-41H,37H2,1-4H3;/i1D3;. The fraction of sp³-hybridized carbons (Fsp3) is 0.0909. The van der Waals surface area contributed by atoms with Gasteiger partial charge in [0.2, 0.25) is 0 Å². The van der Waals surface area contributed by atoms with E-state index in [-0.39, 0.29) is 11.0 Å². The normalized spacial score (nSPS) is 13.0. The van der Waals surface area contributed by atoms with E-state index in [1.54, 1.807) is 12.3 Å². The number of pyridine rings is 1. The van der Waals surface area contributed by atoms with Gasteiger partial charge in [-0.1, -0.05) is 57.2 Å². The van der Waals surface area contributed by atoms with E-state index in [1.165, 1.54) is 38.9 Å². The summed E-state index contributed by atoms with van der Waals surface area (Å²) in [6.45, 7) is 4.12. The minimum atomic E-state index is -2.39. The molecule has 0 fully saturated rings. The third-order valence-corrected chi connectivity index (χ3v) is 15.3. The predicted molar refractivity (Wildman–Crippen MR) is 292 cm³/mol. The first-order chi connectivity index (χ1) is 36.4. The number of rotatable bonds is 8. The van der Waals surface area contributed by atoms with Crippen molar-refractivity contribution in [2.24, 2.45) is 0 Å². The molecule has 6 heteroatoms. The van der Waals surface area contributed by atoms with Crippen LogP contribution in [-0.2, 0) is 31.2 Å². The molecule has 0 N–H and O–H groups in total. The topological polar surface area (TPSA) is 36.9 Å². The zero-order chi connectivity index (χ0) is 51.2. The molecule has 1 aliphatic carbocycles. The van der Waals surface area contributed by atoms with Gasteiger partial charge in [-0.05, 0) is 29.0 Å². The zero-order valence-electron chi connectivity index (χ0n) is 43.0. The summed E-state index contributed by atoms with van der Waals surface area (Å²) in [5, 5.41) is 2.03. The quantitative estimate of drug-likeness (QED) is 0.152.